The highest BCUT2D eigenvalue weighted by atomic mass is 35.5. The van der Waals surface area contributed by atoms with Gasteiger partial charge in [0.15, 0.2) is 0 Å². The lowest BCUT2D eigenvalue weighted by Gasteiger charge is -2.20. The number of hydrogen-bond acceptors (Lipinski definition) is 5. The Bertz CT molecular complexity index is 1190. The van der Waals surface area contributed by atoms with Gasteiger partial charge in [-0.25, -0.2) is 9.97 Å². The van der Waals surface area contributed by atoms with E-state index in [9.17, 15) is 22.8 Å². The molecular formula is C21H20ClF3N4O3. The first-order valence-corrected chi connectivity index (χ1v) is 9.79. The van der Waals surface area contributed by atoms with Gasteiger partial charge in [0, 0.05) is 29.3 Å². The van der Waals surface area contributed by atoms with Crippen LogP contribution in [0.25, 0.3) is 10.9 Å². The molecule has 1 aromatic carbocycles. The third-order valence-corrected chi connectivity index (χ3v) is 5.21. The predicted molar refractivity (Wildman–Crippen MR) is 114 cm³/mol. The van der Waals surface area contributed by atoms with E-state index in [2.05, 4.69) is 9.97 Å². The summed E-state index contributed by atoms with van der Waals surface area (Å²) in [6.07, 6.45) is -1.97. The summed E-state index contributed by atoms with van der Waals surface area (Å²) in [5.41, 5.74) is 0.285. The summed E-state index contributed by atoms with van der Waals surface area (Å²) < 4.78 is 46.6. The zero-order valence-corrected chi connectivity index (χ0v) is 17.0. The second kappa shape index (κ2) is 8.78. The zero-order valence-electron chi connectivity index (χ0n) is 16.2. The molecule has 1 amide bonds. The minimum atomic E-state index is -5.02. The molecule has 2 aromatic heterocycles. The molecule has 0 atom stereocenters. The molecule has 0 unspecified atom stereocenters. The normalized spacial score (nSPS) is 13.9. The molecule has 0 spiro atoms. The van der Waals surface area contributed by atoms with Crippen molar-refractivity contribution < 1.29 is 27.5 Å². The number of anilines is 1. The quantitative estimate of drug-likeness (QED) is 0.401. The lowest BCUT2D eigenvalue weighted by atomic mass is 10.1. The van der Waals surface area contributed by atoms with E-state index in [1.807, 2.05) is 6.92 Å². The molecule has 0 aliphatic carbocycles. The maximum Gasteiger partial charge on any atom is 0.454 e. The number of benzene rings is 1. The topological polar surface area (TPSA) is 77.3 Å². The summed E-state index contributed by atoms with van der Waals surface area (Å²) in [6.45, 7) is 2.52. The van der Waals surface area contributed by atoms with E-state index in [0.29, 0.717) is 24.2 Å². The number of carbonyl (C=O) groups is 2. The molecule has 1 aliphatic rings. The molecule has 170 valence electrons. The summed E-state index contributed by atoms with van der Waals surface area (Å²) in [7, 11) is 0. The second-order valence-corrected chi connectivity index (χ2v) is 7.27. The maximum atomic E-state index is 13.2. The van der Waals surface area contributed by atoms with E-state index >= 15 is 0 Å². The molecule has 4 rings (SSSR count). The Morgan fingerprint density at radius 3 is 2.72 bits per heavy atom. The number of ketones is 1. The summed E-state index contributed by atoms with van der Waals surface area (Å²) in [5.74, 6) is -2.44. The molecule has 11 heteroatoms. The van der Waals surface area contributed by atoms with Crippen molar-refractivity contribution in [2.24, 2.45) is 0 Å². The number of amides is 1. The number of hydrogen-bond donors (Lipinski definition) is 0. The van der Waals surface area contributed by atoms with Crippen molar-refractivity contribution in [2.75, 3.05) is 18.1 Å². The van der Waals surface area contributed by atoms with E-state index in [-0.39, 0.29) is 42.6 Å². The van der Waals surface area contributed by atoms with Crippen LogP contribution in [0.4, 0.5) is 18.9 Å². The lowest BCUT2D eigenvalue weighted by Crippen LogP contribution is -2.32. The standard InChI is InChI=1S/C20H16ClF3N4O3.CH4/c1-2-5-27-9-13(16(29)20(22,23)24)12-8-11(3-4-14(12)27)28-6-7-31-18-15(19(28)30)17(21)25-10-26-18;/h3-4,8-10H,2,5-7H2,1H3;1H4. The van der Waals surface area contributed by atoms with Gasteiger partial charge in [-0.2, -0.15) is 13.2 Å². The largest absolute Gasteiger partial charge is 0.475 e. The maximum absolute atomic E-state index is 13.2. The molecule has 7 nitrogen and oxygen atoms in total. The molecule has 0 saturated heterocycles. The third kappa shape index (κ3) is 4.02. The van der Waals surface area contributed by atoms with Gasteiger partial charge >= 0.3 is 6.18 Å². The van der Waals surface area contributed by atoms with Crippen LogP contribution in [0.3, 0.4) is 0 Å². The van der Waals surface area contributed by atoms with E-state index in [4.69, 9.17) is 16.3 Å². The van der Waals surface area contributed by atoms with Crippen molar-refractivity contribution >= 4 is 39.9 Å². The number of nitrogens with zero attached hydrogens (tertiary/aromatic N) is 4. The zero-order chi connectivity index (χ0) is 22.3. The van der Waals surface area contributed by atoms with Gasteiger partial charge in [0.2, 0.25) is 5.88 Å². The number of ether oxygens (including phenoxy) is 1. The fraction of sp³-hybridized carbons (Fsp3) is 0.333. The van der Waals surface area contributed by atoms with Crippen LogP contribution >= 0.6 is 11.6 Å². The molecule has 32 heavy (non-hydrogen) atoms. The van der Waals surface area contributed by atoms with Gasteiger partial charge in [0.25, 0.3) is 11.7 Å². The first-order valence-electron chi connectivity index (χ1n) is 9.42. The number of aryl methyl sites for hydroxylation is 1. The Kier molecular flexibility index (Phi) is 6.45. The van der Waals surface area contributed by atoms with Crippen molar-refractivity contribution in [3.05, 3.63) is 47.0 Å². The van der Waals surface area contributed by atoms with Crippen LogP contribution in [-0.2, 0) is 6.54 Å². The van der Waals surface area contributed by atoms with E-state index in [1.165, 1.54) is 23.5 Å². The summed E-state index contributed by atoms with van der Waals surface area (Å²) in [5, 5.41) is 0.0203. The molecular weight excluding hydrogens is 449 g/mol. The Hall–Kier alpha value is -3.14. The minimum absolute atomic E-state index is 0. The number of fused-ring (bicyclic) bond motifs is 2. The van der Waals surface area contributed by atoms with Crippen LogP contribution in [0, 0.1) is 0 Å². The van der Waals surface area contributed by atoms with E-state index < -0.39 is 23.4 Å². The fourth-order valence-electron chi connectivity index (χ4n) is 3.57. The number of Topliss-reactive ketones (excluding diaryl/α,β-unsaturated/α-hetero) is 1. The first-order chi connectivity index (χ1) is 14.7. The third-order valence-electron chi connectivity index (χ3n) is 4.92. The highest BCUT2D eigenvalue weighted by Gasteiger charge is 2.41. The van der Waals surface area contributed by atoms with Crippen LogP contribution in [0.5, 0.6) is 5.88 Å². The Labute approximate surface area is 186 Å². The smallest absolute Gasteiger partial charge is 0.454 e. The second-order valence-electron chi connectivity index (χ2n) is 6.91. The predicted octanol–water partition coefficient (Wildman–Crippen LogP) is 4.92. The van der Waals surface area contributed by atoms with Crippen LogP contribution in [-0.4, -0.2) is 45.6 Å². The summed E-state index contributed by atoms with van der Waals surface area (Å²) in [6, 6.07) is 4.61. The van der Waals surface area contributed by atoms with Gasteiger partial charge in [-0.3, -0.25) is 9.59 Å². The van der Waals surface area contributed by atoms with Gasteiger partial charge in [-0.15, -0.1) is 0 Å². The lowest BCUT2D eigenvalue weighted by molar-refractivity contribution is -0.0884. The number of alkyl halides is 3. The van der Waals surface area contributed by atoms with E-state index in [1.54, 1.807) is 16.7 Å². The molecule has 3 aromatic rings. The molecule has 0 radical (unpaired) electrons. The number of carbonyl (C=O) groups excluding carboxylic acids is 2. The molecule has 0 bridgehead atoms. The van der Waals surface area contributed by atoms with Crippen molar-refractivity contribution in [1.29, 1.82) is 0 Å². The van der Waals surface area contributed by atoms with Gasteiger partial charge in [0.05, 0.1) is 12.1 Å². The molecule has 0 fully saturated rings. The molecule has 0 N–H and O–H groups in total. The van der Waals surface area contributed by atoms with E-state index in [0.717, 1.165) is 0 Å². The SMILES string of the molecule is C.CCCn1cc(C(=O)C(F)(F)F)c2cc(N3CCOc4ncnc(Cl)c4C3=O)ccc21. The van der Waals surface area contributed by atoms with Crippen molar-refractivity contribution in [3.8, 4) is 5.88 Å². The highest BCUT2D eigenvalue weighted by Crippen LogP contribution is 2.34. The molecule has 0 saturated carbocycles. The van der Waals surface area contributed by atoms with Gasteiger partial charge in [-0.1, -0.05) is 26.0 Å². The van der Waals surface area contributed by atoms with Gasteiger partial charge < -0.3 is 14.2 Å². The first kappa shape index (κ1) is 23.5. The van der Waals surface area contributed by atoms with Crippen molar-refractivity contribution in [2.45, 2.75) is 33.5 Å². The van der Waals surface area contributed by atoms with Crippen LogP contribution in [0.1, 0.15) is 41.5 Å². The van der Waals surface area contributed by atoms with Gasteiger partial charge in [0.1, 0.15) is 23.7 Å². The number of halogens is 4. The van der Waals surface area contributed by atoms with Crippen LogP contribution in [0.2, 0.25) is 5.15 Å². The van der Waals surface area contributed by atoms with Crippen LogP contribution < -0.4 is 9.64 Å². The van der Waals surface area contributed by atoms with Crippen LogP contribution in [0.15, 0.2) is 30.7 Å². The van der Waals surface area contributed by atoms with Crippen molar-refractivity contribution in [1.82, 2.24) is 14.5 Å². The average Bonchev–Trinajstić information content (AvgIpc) is 2.97. The Balaban J connectivity index is 0.00000289. The summed E-state index contributed by atoms with van der Waals surface area (Å²) in [4.78, 5) is 34.2. The van der Waals surface area contributed by atoms with Gasteiger partial charge in [-0.05, 0) is 24.6 Å². The summed E-state index contributed by atoms with van der Waals surface area (Å²) >= 11 is 6.06. The number of rotatable bonds is 4. The number of aromatic nitrogens is 3. The average molecular weight is 469 g/mol. The molecule has 1 aliphatic heterocycles. The minimum Gasteiger partial charge on any atom is -0.475 e. The Morgan fingerprint density at radius 1 is 1.28 bits per heavy atom. The molecule has 3 heterocycles. The Morgan fingerprint density at radius 2 is 2.03 bits per heavy atom. The fourth-order valence-corrected chi connectivity index (χ4v) is 3.77. The highest BCUT2D eigenvalue weighted by molar-refractivity contribution is 6.33. The monoisotopic (exact) mass is 468 g/mol. The van der Waals surface area contributed by atoms with Crippen molar-refractivity contribution in [3.63, 3.8) is 0 Å².